The molecule has 0 spiro atoms. The first kappa shape index (κ1) is 19.3. The molecule has 2 rings (SSSR count). The van der Waals surface area contributed by atoms with Crippen LogP contribution in [0.25, 0.3) is 10.8 Å². The quantitative estimate of drug-likeness (QED) is 0.287. The summed E-state index contributed by atoms with van der Waals surface area (Å²) in [5.74, 6) is 2.36. The van der Waals surface area contributed by atoms with Crippen LogP contribution in [0.4, 0.5) is 0 Å². The monoisotopic (exact) mass is 344 g/mol. The summed E-state index contributed by atoms with van der Waals surface area (Å²) in [5.41, 5.74) is 0. The number of pyridine rings is 1. The Hall–Kier alpha value is -1.02. The minimum Gasteiger partial charge on any atom is -0.195 e. The molecule has 0 atom stereocenters. The molecule has 1 aromatic carbocycles. The van der Waals surface area contributed by atoms with E-state index >= 15 is 0 Å². The molecule has 1 nitrogen and oxygen atoms in total. The Bertz CT molecular complexity index is 567. The first-order valence-corrected chi connectivity index (χ1v) is 11.0. The summed E-state index contributed by atoms with van der Waals surface area (Å²) >= 11 is 2.06. The second-order valence-corrected chi connectivity index (χ2v) is 7.88. The van der Waals surface area contributed by atoms with Gasteiger partial charge < -0.3 is 0 Å². The lowest BCUT2D eigenvalue weighted by molar-refractivity contribution is -0.674. The fourth-order valence-corrected chi connectivity index (χ4v) is 4.03. The molecule has 0 aliphatic heterocycles. The van der Waals surface area contributed by atoms with E-state index in [1.54, 1.807) is 0 Å². The molecule has 0 bridgehead atoms. The molecular weight excluding hydrogens is 310 g/mol. The summed E-state index contributed by atoms with van der Waals surface area (Å²) < 4.78 is 2.31. The molecule has 132 valence electrons. The van der Waals surface area contributed by atoms with Crippen LogP contribution < -0.4 is 4.57 Å². The van der Waals surface area contributed by atoms with Crippen LogP contribution >= 0.6 is 11.8 Å². The molecule has 1 aromatic heterocycles. The third-order valence-corrected chi connectivity index (χ3v) is 5.69. The summed E-state index contributed by atoms with van der Waals surface area (Å²) in [4.78, 5) is 0. The lowest BCUT2D eigenvalue weighted by Crippen LogP contribution is -2.30. The van der Waals surface area contributed by atoms with Crippen molar-refractivity contribution in [1.82, 2.24) is 0 Å². The van der Waals surface area contributed by atoms with Crippen molar-refractivity contribution >= 4 is 22.5 Å². The van der Waals surface area contributed by atoms with Crippen LogP contribution in [0.2, 0.25) is 0 Å². The third kappa shape index (κ3) is 7.70. The van der Waals surface area contributed by atoms with Crippen molar-refractivity contribution in [3.8, 4) is 0 Å². The van der Waals surface area contributed by atoms with Crippen LogP contribution in [0.5, 0.6) is 0 Å². The molecule has 0 aliphatic rings. The molecule has 0 unspecified atom stereocenters. The van der Waals surface area contributed by atoms with Crippen molar-refractivity contribution in [3.63, 3.8) is 0 Å². The van der Waals surface area contributed by atoms with E-state index in [-0.39, 0.29) is 0 Å². The first-order valence-electron chi connectivity index (χ1n) is 9.86. The summed E-state index contributed by atoms with van der Waals surface area (Å²) in [5, 5.41) is 2.66. The highest BCUT2D eigenvalue weighted by Gasteiger charge is 2.02. The van der Waals surface area contributed by atoms with Crippen LogP contribution in [0.15, 0.2) is 42.7 Å². The minimum atomic E-state index is 1.07. The molecule has 1 heterocycles. The van der Waals surface area contributed by atoms with Crippen LogP contribution in [0.1, 0.15) is 71.1 Å². The van der Waals surface area contributed by atoms with Gasteiger partial charge in [-0.2, -0.15) is 4.57 Å². The van der Waals surface area contributed by atoms with Gasteiger partial charge in [0.25, 0.3) is 0 Å². The number of thioether (sulfide) groups is 1. The lowest BCUT2D eigenvalue weighted by atomic mass is 10.1. The van der Waals surface area contributed by atoms with E-state index in [9.17, 15) is 0 Å². The Morgan fingerprint density at radius 2 is 1.38 bits per heavy atom. The molecule has 0 radical (unpaired) electrons. The topological polar surface area (TPSA) is 3.88 Å². The number of aromatic nitrogens is 1. The van der Waals surface area contributed by atoms with Crippen LogP contribution in [-0.4, -0.2) is 5.75 Å². The normalized spacial score (nSPS) is 11.2. The largest absolute Gasteiger partial charge is 0.195 e. The van der Waals surface area contributed by atoms with Gasteiger partial charge in [-0.3, -0.25) is 0 Å². The number of hydrogen-bond acceptors (Lipinski definition) is 1. The van der Waals surface area contributed by atoms with Gasteiger partial charge in [-0.1, -0.05) is 94.7 Å². The Labute approximate surface area is 152 Å². The number of unbranched alkanes of at least 4 members (excludes halogenated alkanes) is 9. The Morgan fingerprint density at radius 1 is 0.750 bits per heavy atom. The second-order valence-electron chi connectivity index (χ2n) is 6.81. The van der Waals surface area contributed by atoms with Gasteiger partial charge >= 0.3 is 0 Å². The molecule has 0 N–H and O–H groups in total. The zero-order chi connectivity index (χ0) is 16.9. The molecule has 0 aliphatic carbocycles. The maximum Gasteiger partial charge on any atom is 0.194 e. The van der Waals surface area contributed by atoms with Gasteiger partial charge in [0.1, 0.15) is 0 Å². The summed E-state index contributed by atoms with van der Waals surface area (Å²) in [7, 11) is 0. The standard InChI is InChI=1S/C22H34NS/c1-2-3-4-5-6-7-8-9-10-13-18-24-20-23-17-16-21-14-11-12-15-22(21)19-23/h11-12,14-17,19H,2-10,13,18,20H2,1H3/q+1. The second kappa shape index (κ2) is 12.4. The van der Waals surface area contributed by atoms with Gasteiger partial charge in [0, 0.05) is 11.5 Å². The van der Waals surface area contributed by atoms with Crippen molar-refractivity contribution in [2.45, 2.75) is 77.0 Å². The molecule has 0 saturated heterocycles. The van der Waals surface area contributed by atoms with Crippen molar-refractivity contribution in [2.24, 2.45) is 0 Å². The van der Waals surface area contributed by atoms with Crippen LogP contribution in [-0.2, 0) is 5.88 Å². The smallest absolute Gasteiger partial charge is 0.194 e. The van der Waals surface area contributed by atoms with Gasteiger partial charge in [-0.15, -0.1) is 0 Å². The Balaban J connectivity index is 1.46. The van der Waals surface area contributed by atoms with E-state index in [1.807, 2.05) is 0 Å². The van der Waals surface area contributed by atoms with E-state index in [4.69, 9.17) is 0 Å². The SMILES string of the molecule is CCCCCCCCCCCCSC[n+]1ccc2ccccc2c1. The Morgan fingerprint density at radius 3 is 2.08 bits per heavy atom. The lowest BCUT2D eigenvalue weighted by Gasteiger charge is -2.02. The zero-order valence-electron chi connectivity index (χ0n) is 15.4. The van der Waals surface area contributed by atoms with Gasteiger partial charge in [0.2, 0.25) is 0 Å². The summed E-state index contributed by atoms with van der Waals surface area (Å²) in [6.45, 7) is 2.29. The fourth-order valence-electron chi connectivity index (χ4n) is 3.12. The number of rotatable bonds is 13. The molecule has 24 heavy (non-hydrogen) atoms. The van der Waals surface area contributed by atoms with Gasteiger partial charge in [0.15, 0.2) is 18.3 Å². The van der Waals surface area contributed by atoms with E-state index in [0.717, 1.165) is 5.88 Å². The van der Waals surface area contributed by atoms with Gasteiger partial charge in [-0.25, -0.2) is 0 Å². The van der Waals surface area contributed by atoms with Crippen molar-refractivity contribution in [1.29, 1.82) is 0 Å². The first-order chi connectivity index (χ1) is 11.9. The third-order valence-electron chi connectivity index (χ3n) is 4.63. The highest BCUT2D eigenvalue weighted by atomic mass is 32.2. The number of benzene rings is 1. The predicted molar refractivity (Wildman–Crippen MR) is 108 cm³/mol. The predicted octanol–water partition coefficient (Wildman–Crippen LogP) is 6.74. The Kier molecular flexibility index (Phi) is 9.94. The van der Waals surface area contributed by atoms with Crippen molar-refractivity contribution in [3.05, 3.63) is 42.7 Å². The van der Waals surface area contributed by atoms with E-state index < -0.39 is 0 Å². The van der Waals surface area contributed by atoms with Crippen molar-refractivity contribution in [2.75, 3.05) is 5.75 Å². The molecule has 0 amide bonds. The maximum atomic E-state index is 2.31. The van der Waals surface area contributed by atoms with Gasteiger partial charge in [0.05, 0.1) is 0 Å². The summed E-state index contributed by atoms with van der Waals surface area (Å²) in [6.07, 6.45) is 18.7. The zero-order valence-corrected chi connectivity index (χ0v) is 16.2. The van der Waals surface area contributed by atoms with E-state index in [0.29, 0.717) is 0 Å². The molecule has 2 heteroatoms. The summed E-state index contributed by atoms with van der Waals surface area (Å²) in [6, 6.07) is 10.8. The molecule has 0 saturated carbocycles. The van der Waals surface area contributed by atoms with Crippen molar-refractivity contribution < 1.29 is 4.57 Å². The highest BCUT2D eigenvalue weighted by molar-refractivity contribution is 7.98. The van der Waals surface area contributed by atoms with Crippen LogP contribution in [0, 0.1) is 0 Å². The van der Waals surface area contributed by atoms with Crippen LogP contribution in [0.3, 0.4) is 0 Å². The maximum absolute atomic E-state index is 2.31. The average Bonchev–Trinajstić information content (AvgIpc) is 2.62. The molecule has 0 fully saturated rings. The molecular formula is C22H34NS+. The van der Waals surface area contributed by atoms with E-state index in [1.165, 1.54) is 80.7 Å². The average molecular weight is 345 g/mol. The minimum absolute atomic E-state index is 1.07. The number of hydrogen-bond donors (Lipinski definition) is 0. The fraction of sp³-hybridized carbons (Fsp3) is 0.591. The number of nitrogens with zero attached hydrogens (tertiary/aromatic N) is 1. The highest BCUT2D eigenvalue weighted by Crippen LogP contribution is 2.13. The number of fused-ring (bicyclic) bond motifs is 1. The molecule has 2 aromatic rings. The van der Waals surface area contributed by atoms with E-state index in [2.05, 4.69) is 66.0 Å². The van der Waals surface area contributed by atoms with Gasteiger partial charge in [-0.05, 0) is 23.6 Å².